The molecule has 4 heteroatoms. The Morgan fingerprint density at radius 3 is 2.60 bits per heavy atom. The highest BCUT2D eigenvalue weighted by molar-refractivity contribution is 5.36. The zero-order valence-corrected chi connectivity index (χ0v) is 12.5. The maximum Gasteiger partial charge on any atom is 0.125 e. The van der Waals surface area contributed by atoms with Crippen LogP contribution in [0.2, 0.25) is 0 Å². The van der Waals surface area contributed by atoms with Crippen molar-refractivity contribution >= 4 is 0 Å². The first-order valence-electron chi connectivity index (χ1n) is 7.05. The SMILES string of the molecule is CC(C)NCc1cnn(-c2cccc(F)c2)c1C(C)C. The Labute approximate surface area is 119 Å². The Morgan fingerprint density at radius 1 is 1.25 bits per heavy atom. The molecular formula is C16H22FN3. The lowest BCUT2D eigenvalue weighted by molar-refractivity contribution is 0.582. The van der Waals surface area contributed by atoms with Crippen LogP contribution in [0.1, 0.15) is 44.9 Å². The van der Waals surface area contributed by atoms with E-state index in [0.29, 0.717) is 12.0 Å². The standard InChI is InChI=1S/C16H22FN3/c1-11(2)16-13(9-18-12(3)4)10-19-20(16)15-7-5-6-14(17)8-15/h5-8,10-12,18H,9H2,1-4H3. The molecule has 0 amide bonds. The van der Waals surface area contributed by atoms with Gasteiger partial charge in [-0.1, -0.05) is 33.8 Å². The Bertz CT molecular complexity index is 573. The Morgan fingerprint density at radius 2 is 2.00 bits per heavy atom. The number of nitrogens with zero attached hydrogens (tertiary/aromatic N) is 2. The molecule has 1 aromatic heterocycles. The minimum absolute atomic E-state index is 0.241. The van der Waals surface area contributed by atoms with E-state index in [0.717, 1.165) is 23.5 Å². The molecule has 0 aliphatic heterocycles. The van der Waals surface area contributed by atoms with Gasteiger partial charge in [-0.25, -0.2) is 9.07 Å². The number of halogens is 1. The van der Waals surface area contributed by atoms with E-state index in [4.69, 9.17) is 0 Å². The van der Waals surface area contributed by atoms with Gasteiger partial charge in [0.15, 0.2) is 0 Å². The van der Waals surface area contributed by atoms with Gasteiger partial charge in [0.2, 0.25) is 0 Å². The van der Waals surface area contributed by atoms with Gasteiger partial charge in [-0.15, -0.1) is 0 Å². The summed E-state index contributed by atoms with van der Waals surface area (Å²) in [6, 6.07) is 6.97. The van der Waals surface area contributed by atoms with Crippen LogP contribution in [0.3, 0.4) is 0 Å². The number of rotatable bonds is 5. The third-order valence-corrected chi connectivity index (χ3v) is 3.19. The summed E-state index contributed by atoms with van der Waals surface area (Å²) in [7, 11) is 0. The molecule has 3 nitrogen and oxygen atoms in total. The second-order valence-corrected chi connectivity index (χ2v) is 5.64. The van der Waals surface area contributed by atoms with Crippen LogP contribution in [-0.4, -0.2) is 15.8 Å². The molecule has 0 atom stereocenters. The summed E-state index contributed by atoms with van der Waals surface area (Å²) in [4.78, 5) is 0. The molecule has 0 saturated heterocycles. The van der Waals surface area contributed by atoms with Gasteiger partial charge >= 0.3 is 0 Å². The van der Waals surface area contributed by atoms with E-state index in [1.165, 1.54) is 12.1 Å². The number of aromatic nitrogens is 2. The summed E-state index contributed by atoms with van der Waals surface area (Å²) >= 11 is 0. The summed E-state index contributed by atoms with van der Waals surface area (Å²) in [6.45, 7) is 9.27. The quantitative estimate of drug-likeness (QED) is 0.903. The van der Waals surface area contributed by atoms with Crippen molar-refractivity contribution in [3.63, 3.8) is 0 Å². The lowest BCUT2D eigenvalue weighted by Gasteiger charge is -2.14. The summed E-state index contributed by atoms with van der Waals surface area (Å²) in [5.41, 5.74) is 3.06. The number of benzene rings is 1. The Balaban J connectivity index is 2.39. The smallest absolute Gasteiger partial charge is 0.125 e. The van der Waals surface area contributed by atoms with E-state index in [2.05, 4.69) is 38.1 Å². The van der Waals surface area contributed by atoms with Crippen LogP contribution < -0.4 is 5.32 Å². The molecule has 0 spiro atoms. The lowest BCUT2D eigenvalue weighted by Crippen LogP contribution is -2.22. The monoisotopic (exact) mass is 275 g/mol. The highest BCUT2D eigenvalue weighted by Gasteiger charge is 2.15. The number of hydrogen-bond donors (Lipinski definition) is 1. The Hall–Kier alpha value is -1.68. The first kappa shape index (κ1) is 14.7. The predicted molar refractivity (Wildman–Crippen MR) is 79.6 cm³/mol. The molecule has 0 aliphatic carbocycles. The van der Waals surface area contributed by atoms with Crippen LogP contribution in [0.4, 0.5) is 4.39 Å². The van der Waals surface area contributed by atoms with Crippen molar-refractivity contribution in [1.29, 1.82) is 0 Å². The van der Waals surface area contributed by atoms with E-state index >= 15 is 0 Å². The van der Waals surface area contributed by atoms with Gasteiger partial charge < -0.3 is 5.32 Å². The van der Waals surface area contributed by atoms with Crippen molar-refractivity contribution < 1.29 is 4.39 Å². The number of hydrogen-bond acceptors (Lipinski definition) is 2. The van der Waals surface area contributed by atoms with Crippen molar-refractivity contribution in [1.82, 2.24) is 15.1 Å². The summed E-state index contributed by atoms with van der Waals surface area (Å²) in [6.07, 6.45) is 1.87. The maximum atomic E-state index is 13.4. The molecule has 2 rings (SSSR count). The average Bonchev–Trinajstić information content (AvgIpc) is 2.80. The van der Waals surface area contributed by atoms with Gasteiger partial charge in [-0.05, 0) is 24.1 Å². The largest absolute Gasteiger partial charge is 0.310 e. The van der Waals surface area contributed by atoms with E-state index in [9.17, 15) is 4.39 Å². The van der Waals surface area contributed by atoms with Gasteiger partial charge in [0.1, 0.15) is 5.82 Å². The van der Waals surface area contributed by atoms with E-state index in [1.54, 1.807) is 6.07 Å². The molecule has 0 saturated carbocycles. The van der Waals surface area contributed by atoms with Crippen molar-refractivity contribution in [2.45, 2.75) is 46.2 Å². The highest BCUT2D eigenvalue weighted by Crippen LogP contribution is 2.23. The summed E-state index contributed by atoms with van der Waals surface area (Å²) in [5.74, 6) is 0.0827. The van der Waals surface area contributed by atoms with Gasteiger partial charge in [0.25, 0.3) is 0 Å². The van der Waals surface area contributed by atoms with Gasteiger partial charge in [0.05, 0.1) is 17.6 Å². The fourth-order valence-corrected chi connectivity index (χ4v) is 2.27. The average molecular weight is 275 g/mol. The fourth-order valence-electron chi connectivity index (χ4n) is 2.27. The second kappa shape index (κ2) is 6.18. The first-order chi connectivity index (χ1) is 9.49. The summed E-state index contributed by atoms with van der Waals surface area (Å²) < 4.78 is 15.2. The third kappa shape index (κ3) is 3.25. The molecule has 1 heterocycles. The predicted octanol–water partition coefficient (Wildman–Crippen LogP) is 3.63. The molecule has 20 heavy (non-hydrogen) atoms. The molecule has 2 aromatic rings. The van der Waals surface area contributed by atoms with Crippen LogP contribution in [0.15, 0.2) is 30.5 Å². The summed E-state index contributed by atoms with van der Waals surface area (Å²) in [5, 5.41) is 7.84. The molecule has 0 radical (unpaired) electrons. The lowest BCUT2D eigenvalue weighted by atomic mass is 10.1. The van der Waals surface area contributed by atoms with Crippen molar-refractivity contribution in [3.05, 3.63) is 47.5 Å². The van der Waals surface area contributed by atoms with E-state index in [-0.39, 0.29) is 5.82 Å². The number of nitrogens with one attached hydrogen (secondary N) is 1. The Kier molecular flexibility index (Phi) is 4.55. The fraction of sp³-hybridized carbons (Fsp3) is 0.438. The first-order valence-corrected chi connectivity index (χ1v) is 7.05. The highest BCUT2D eigenvalue weighted by atomic mass is 19.1. The van der Waals surface area contributed by atoms with Crippen LogP contribution in [0.5, 0.6) is 0 Å². The van der Waals surface area contributed by atoms with Crippen molar-refractivity contribution in [3.8, 4) is 5.69 Å². The van der Waals surface area contributed by atoms with Crippen molar-refractivity contribution in [2.24, 2.45) is 0 Å². The van der Waals surface area contributed by atoms with E-state index < -0.39 is 0 Å². The van der Waals surface area contributed by atoms with Crippen LogP contribution >= 0.6 is 0 Å². The molecule has 108 valence electrons. The minimum atomic E-state index is -0.241. The van der Waals surface area contributed by atoms with Crippen LogP contribution in [0.25, 0.3) is 5.69 Å². The topological polar surface area (TPSA) is 29.9 Å². The third-order valence-electron chi connectivity index (χ3n) is 3.19. The molecule has 0 bridgehead atoms. The zero-order valence-electron chi connectivity index (χ0n) is 12.5. The molecule has 1 aromatic carbocycles. The van der Waals surface area contributed by atoms with Crippen LogP contribution in [0, 0.1) is 5.82 Å². The van der Waals surface area contributed by atoms with Gasteiger partial charge in [-0.2, -0.15) is 5.10 Å². The van der Waals surface area contributed by atoms with Crippen molar-refractivity contribution in [2.75, 3.05) is 0 Å². The van der Waals surface area contributed by atoms with E-state index in [1.807, 2.05) is 16.9 Å². The maximum absolute atomic E-state index is 13.4. The minimum Gasteiger partial charge on any atom is -0.310 e. The van der Waals surface area contributed by atoms with Gasteiger partial charge in [0, 0.05) is 18.2 Å². The zero-order chi connectivity index (χ0) is 14.7. The molecular weight excluding hydrogens is 253 g/mol. The second-order valence-electron chi connectivity index (χ2n) is 5.64. The molecule has 0 unspecified atom stereocenters. The molecule has 0 aliphatic rings. The normalized spacial score (nSPS) is 11.6. The van der Waals surface area contributed by atoms with Gasteiger partial charge in [-0.3, -0.25) is 0 Å². The molecule has 0 fully saturated rings. The van der Waals surface area contributed by atoms with Crippen LogP contribution in [-0.2, 0) is 6.54 Å². The molecule has 1 N–H and O–H groups in total.